The van der Waals surface area contributed by atoms with Gasteiger partial charge in [-0.3, -0.25) is 15.0 Å². The third-order valence-electron chi connectivity index (χ3n) is 3.87. The highest BCUT2D eigenvalue weighted by molar-refractivity contribution is 7.10. The van der Waals surface area contributed by atoms with Crippen LogP contribution in [0.25, 0.3) is 0 Å². The van der Waals surface area contributed by atoms with Crippen molar-refractivity contribution in [1.29, 1.82) is 0 Å². The standard InChI is InChI=1S/C17H19N3O2S/c21-16(19-17(22)18-13-6-2-1-3-7-13)12-20-10-4-8-14(20)15-9-5-11-23-15/h1-3,5-7,9,11,14H,4,8,10,12H2,(H2,18,19,21,22). The Bertz CT molecular complexity index is 658. The summed E-state index contributed by atoms with van der Waals surface area (Å²) < 4.78 is 0. The Morgan fingerprint density at radius 1 is 1.17 bits per heavy atom. The van der Waals surface area contributed by atoms with Crippen molar-refractivity contribution in [2.24, 2.45) is 0 Å². The molecule has 23 heavy (non-hydrogen) atoms. The van der Waals surface area contributed by atoms with Crippen molar-refractivity contribution in [3.05, 3.63) is 52.7 Å². The van der Waals surface area contributed by atoms with E-state index in [9.17, 15) is 9.59 Å². The fourth-order valence-corrected chi connectivity index (χ4v) is 3.75. The summed E-state index contributed by atoms with van der Waals surface area (Å²) in [6.07, 6.45) is 2.13. The lowest BCUT2D eigenvalue weighted by atomic mass is 10.2. The van der Waals surface area contributed by atoms with Gasteiger partial charge in [0, 0.05) is 16.6 Å². The summed E-state index contributed by atoms with van der Waals surface area (Å²) >= 11 is 1.71. The Labute approximate surface area is 139 Å². The fraction of sp³-hybridized carbons (Fsp3) is 0.294. The van der Waals surface area contributed by atoms with Crippen molar-refractivity contribution in [3.8, 4) is 0 Å². The molecule has 1 aromatic heterocycles. The summed E-state index contributed by atoms with van der Waals surface area (Å²) in [5.74, 6) is -0.276. The first-order chi connectivity index (χ1) is 11.2. The molecule has 0 radical (unpaired) electrons. The topological polar surface area (TPSA) is 61.4 Å². The summed E-state index contributed by atoms with van der Waals surface area (Å²) in [6.45, 7) is 1.13. The van der Waals surface area contributed by atoms with Crippen molar-refractivity contribution in [3.63, 3.8) is 0 Å². The second kappa shape index (κ2) is 7.39. The van der Waals surface area contributed by atoms with Crippen LogP contribution in [0.15, 0.2) is 47.8 Å². The predicted molar refractivity (Wildman–Crippen MR) is 91.5 cm³/mol. The first kappa shape index (κ1) is 15.7. The van der Waals surface area contributed by atoms with Crippen molar-refractivity contribution < 1.29 is 9.59 Å². The molecule has 3 rings (SSSR count). The number of anilines is 1. The van der Waals surface area contributed by atoms with Crippen molar-refractivity contribution >= 4 is 29.0 Å². The number of carbonyl (C=O) groups excluding carboxylic acids is 2. The first-order valence-corrected chi connectivity index (χ1v) is 8.53. The van der Waals surface area contributed by atoms with E-state index in [1.165, 1.54) is 4.88 Å². The van der Waals surface area contributed by atoms with Crippen LogP contribution in [0.1, 0.15) is 23.8 Å². The molecular formula is C17H19N3O2S. The average Bonchev–Trinajstić information content (AvgIpc) is 3.18. The molecule has 0 spiro atoms. The van der Waals surface area contributed by atoms with Gasteiger partial charge in [0.2, 0.25) is 5.91 Å². The highest BCUT2D eigenvalue weighted by Gasteiger charge is 2.28. The number of imide groups is 1. The number of urea groups is 1. The summed E-state index contributed by atoms with van der Waals surface area (Å²) in [4.78, 5) is 27.4. The number of nitrogens with zero attached hydrogens (tertiary/aromatic N) is 1. The number of nitrogens with one attached hydrogen (secondary N) is 2. The number of para-hydroxylation sites is 1. The first-order valence-electron chi connectivity index (χ1n) is 7.66. The summed E-state index contributed by atoms with van der Waals surface area (Å²) in [7, 11) is 0. The van der Waals surface area contributed by atoms with E-state index in [4.69, 9.17) is 0 Å². The minimum atomic E-state index is -0.493. The molecule has 1 unspecified atom stereocenters. The average molecular weight is 329 g/mol. The number of thiophene rings is 1. The summed E-state index contributed by atoms with van der Waals surface area (Å²) in [5.41, 5.74) is 0.662. The van der Waals surface area contributed by atoms with Crippen LogP contribution in [0.2, 0.25) is 0 Å². The maximum absolute atomic E-state index is 12.1. The Kier molecular flexibility index (Phi) is 5.05. The van der Waals surface area contributed by atoms with E-state index >= 15 is 0 Å². The van der Waals surface area contributed by atoms with Gasteiger partial charge in [0.15, 0.2) is 0 Å². The number of hydrogen-bond acceptors (Lipinski definition) is 4. The fourth-order valence-electron chi connectivity index (χ4n) is 2.85. The second-order valence-electron chi connectivity index (χ2n) is 5.51. The molecule has 0 bridgehead atoms. The van der Waals surface area contributed by atoms with Crippen molar-refractivity contribution in [2.45, 2.75) is 18.9 Å². The maximum Gasteiger partial charge on any atom is 0.325 e. The minimum Gasteiger partial charge on any atom is -0.308 e. The third kappa shape index (κ3) is 4.18. The molecule has 1 saturated heterocycles. The molecule has 0 aliphatic carbocycles. The maximum atomic E-state index is 12.1. The van der Waals surface area contributed by atoms with Gasteiger partial charge >= 0.3 is 6.03 Å². The number of benzene rings is 1. The van der Waals surface area contributed by atoms with Crippen LogP contribution >= 0.6 is 11.3 Å². The van der Waals surface area contributed by atoms with E-state index in [1.54, 1.807) is 23.5 Å². The van der Waals surface area contributed by atoms with Crippen LogP contribution in [0.3, 0.4) is 0 Å². The Morgan fingerprint density at radius 3 is 2.74 bits per heavy atom. The molecule has 5 nitrogen and oxygen atoms in total. The van der Waals surface area contributed by atoms with Crippen LogP contribution in [-0.4, -0.2) is 29.9 Å². The molecule has 3 amide bonds. The molecular weight excluding hydrogens is 310 g/mol. The smallest absolute Gasteiger partial charge is 0.308 e. The van der Waals surface area contributed by atoms with Crippen LogP contribution in [0.5, 0.6) is 0 Å². The molecule has 120 valence electrons. The van der Waals surface area contributed by atoms with Crippen molar-refractivity contribution in [2.75, 3.05) is 18.4 Å². The number of hydrogen-bond donors (Lipinski definition) is 2. The molecule has 2 aromatic rings. The van der Waals surface area contributed by atoms with E-state index in [0.29, 0.717) is 5.69 Å². The molecule has 6 heteroatoms. The quantitative estimate of drug-likeness (QED) is 0.905. The second-order valence-corrected chi connectivity index (χ2v) is 6.49. The van der Waals surface area contributed by atoms with Crippen LogP contribution in [-0.2, 0) is 4.79 Å². The lowest BCUT2D eigenvalue weighted by Crippen LogP contribution is -2.41. The monoisotopic (exact) mass is 329 g/mol. The zero-order chi connectivity index (χ0) is 16.1. The summed E-state index contributed by atoms with van der Waals surface area (Å²) in [6, 6.07) is 13.0. The highest BCUT2D eigenvalue weighted by Crippen LogP contribution is 2.33. The molecule has 1 aliphatic rings. The number of rotatable bonds is 4. The van der Waals surface area contributed by atoms with E-state index in [1.807, 2.05) is 24.3 Å². The van der Waals surface area contributed by atoms with Crippen LogP contribution in [0, 0.1) is 0 Å². The lowest BCUT2D eigenvalue weighted by molar-refractivity contribution is -0.121. The van der Waals surface area contributed by atoms with E-state index in [2.05, 4.69) is 27.0 Å². The van der Waals surface area contributed by atoms with Gasteiger partial charge in [0.25, 0.3) is 0 Å². The molecule has 2 heterocycles. The predicted octanol–water partition coefficient (Wildman–Crippen LogP) is 3.23. The Hall–Kier alpha value is -2.18. The Morgan fingerprint density at radius 2 is 2.00 bits per heavy atom. The van der Waals surface area contributed by atoms with Gasteiger partial charge in [0.05, 0.1) is 6.54 Å². The SMILES string of the molecule is O=C(CN1CCCC1c1cccs1)NC(=O)Nc1ccccc1. The number of carbonyl (C=O) groups is 2. The zero-order valence-corrected chi connectivity index (χ0v) is 13.5. The lowest BCUT2D eigenvalue weighted by Gasteiger charge is -2.22. The molecule has 1 aliphatic heterocycles. The molecule has 1 fully saturated rings. The highest BCUT2D eigenvalue weighted by atomic mass is 32.1. The Balaban J connectivity index is 1.52. The van der Waals surface area contributed by atoms with Gasteiger partial charge < -0.3 is 5.32 Å². The van der Waals surface area contributed by atoms with E-state index in [-0.39, 0.29) is 18.5 Å². The van der Waals surface area contributed by atoms with Gasteiger partial charge in [-0.2, -0.15) is 0 Å². The van der Waals surface area contributed by atoms with Gasteiger partial charge in [-0.25, -0.2) is 4.79 Å². The number of likely N-dealkylation sites (tertiary alicyclic amines) is 1. The largest absolute Gasteiger partial charge is 0.325 e. The number of amides is 3. The van der Waals surface area contributed by atoms with E-state index < -0.39 is 6.03 Å². The van der Waals surface area contributed by atoms with Crippen molar-refractivity contribution in [1.82, 2.24) is 10.2 Å². The van der Waals surface area contributed by atoms with Gasteiger partial charge in [0.1, 0.15) is 0 Å². The summed E-state index contributed by atoms with van der Waals surface area (Å²) in [5, 5.41) is 7.10. The van der Waals surface area contributed by atoms with Crippen LogP contribution < -0.4 is 10.6 Å². The van der Waals surface area contributed by atoms with E-state index in [0.717, 1.165) is 19.4 Å². The third-order valence-corrected chi connectivity index (χ3v) is 4.84. The molecule has 1 atom stereocenters. The van der Waals surface area contributed by atoms with Gasteiger partial charge in [-0.1, -0.05) is 24.3 Å². The van der Waals surface area contributed by atoms with Gasteiger partial charge in [-0.15, -0.1) is 11.3 Å². The molecule has 1 aromatic carbocycles. The van der Waals surface area contributed by atoms with Gasteiger partial charge in [-0.05, 0) is 43.0 Å². The normalized spacial score (nSPS) is 17.8. The van der Waals surface area contributed by atoms with Crippen LogP contribution in [0.4, 0.5) is 10.5 Å². The zero-order valence-electron chi connectivity index (χ0n) is 12.7. The molecule has 0 saturated carbocycles. The molecule has 2 N–H and O–H groups in total. The minimum absolute atomic E-state index is 0.241.